The van der Waals surface area contributed by atoms with Gasteiger partial charge >= 0.3 is 5.97 Å². The van der Waals surface area contributed by atoms with Gasteiger partial charge < -0.3 is 13.9 Å². The van der Waals surface area contributed by atoms with E-state index in [0.29, 0.717) is 41.9 Å². The Morgan fingerprint density at radius 3 is 2.64 bits per heavy atom. The number of furan rings is 1. The highest BCUT2D eigenvalue weighted by Gasteiger charge is 2.35. The minimum atomic E-state index is -1.02. The van der Waals surface area contributed by atoms with Gasteiger partial charge in [-0.05, 0) is 87.7 Å². The zero-order chi connectivity index (χ0) is 31.7. The lowest BCUT2D eigenvalue weighted by atomic mass is 10.0. The van der Waals surface area contributed by atoms with Crippen LogP contribution in [0.25, 0.3) is 17.4 Å². The number of aromatic nitrogens is 1. The summed E-state index contributed by atoms with van der Waals surface area (Å²) in [6.07, 6.45) is 3.35. The summed E-state index contributed by atoms with van der Waals surface area (Å²) in [7, 11) is 0. The van der Waals surface area contributed by atoms with Crippen molar-refractivity contribution in [3.63, 3.8) is 0 Å². The van der Waals surface area contributed by atoms with Crippen molar-refractivity contribution >= 4 is 72.5 Å². The van der Waals surface area contributed by atoms with Crippen molar-refractivity contribution in [3.8, 4) is 17.1 Å². The number of nitrogens with zero attached hydrogens (tertiary/aromatic N) is 3. The number of rotatable bonds is 9. The van der Waals surface area contributed by atoms with E-state index >= 15 is 0 Å². The highest BCUT2D eigenvalue weighted by Crippen LogP contribution is 2.38. The van der Waals surface area contributed by atoms with Crippen LogP contribution in [0.1, 0.15) is 31.2 Å². The molecule has 0 amide bonds. The molecule has 0 saturated carbocycles. The van der Waals surface area contributed by atoms with E-state index in [4.69, 9.17) is 25.5 Å². The molecule has 0 radical (unpaired) electrons. The maximum absolute atomic E-state index is 14.0. The molecule has 0 saturated heterocycles. The van der Waals surface area contributed by atoms with Gasteiger partial charge in [0.25, 0.3) is 11.2 Å². The number of carbonyl (C=O) groups is 1. The molecule has 0 fully saturated rings. The van der Waals surface area contributed by atoms with Crippen LogP contribution < -0.4 is 19.6 Å². The number of nitro benzene ring substituents is 1. The summed E-state index contributed by atoms with van der Waals surface area (Å²) >= 11 is 14.6. The zero-order valence-electron chi connectivity index (χ0n) is 23.1. The molecule has 3 heterocycles. The number of non-ortho nitro benzene ring substituents is 1. The van der Waals surface area contributed by atoms with Crippen molar-refractivity contribution in [2.75, 3.05) is 13.2 Å². The number of ether oxygens (including phenoxy) is 2. The van der Waals surface area contributed by atoms with E-state index in [2.05, 4.69) is 43.4 Å². The Labute approximate surface area is 276 Å². The number of hydrogen-bond acceptors (Lipinski definition) is 9. The maximum Gasteiger partial charge on any atom is 0.338 e. The van der Waals surface area contributed by atoms with Crippen LogP contribution in [-0.2, 0) is 9.53 Å². The quantitative estimate of drug-likeness (QED) is 0.0803. The highest BCUT2D eigenvalue weighted by molar-refractivity contribution is 9.11. The number of halogens is 3. The van der Waals surface area contributed by atoms with Gasteiger partial charge in [0.15, 0.2) is 4.80 Å². The number of fused-ring (bicyclic) bond motifs is 1. The van der Waals surface area contributed by atoms with Gasteiger partial charge in [-0.25, -0.2) is 9.79 Å². The van der Waals surface area contributed by atoms with Gasteiger partial charge in [-0.15, -0.1) is 0 Å². The number of hydrogen-bond donors (Lipinski definition) is 0. The average Bonchev–Trinajstić information content (AvgIpc) is 3.57. The van der Waals surface area contributed by atoms with Gasteiger partial charge in [0.2, 0.25) is 0 Å². The molecule has 0 spiro atoms. The Bertz CT molecular complexity index is 2020. The van der Waals surface area contributed by atoms with E-state index in [0.717, 1.165) is 11.3 Å². The maximum atomic E-state index is 14.0. The first-order valence-electron chi connectivity index (χ1n) is 13.0. The Kier molecular flexibility index (Phi) is 9.39. The van der Waals surface area contributed by atoms with Gasteiger partial charge in [0.1, 0.15) is 29.9 Å². The molecule has 0 aliphatic carbocycles. The smallest absolute Gasteiger partial charge is 0.338 e. The zero-order valence-corrected chi connectivity index (χ0v) is 27.9. The number of benzene rings is 2. The van der Waals surface area contributed by atoms with Crippen molar-refractivity contribution in [1.29, 1.82) is 0 Å². The Hall–Kier alpha value is -3.78. The molecule has 44 heavy (non-hydrogen) atoms. The Morgan fingerprint density at radius 1 is 1.25 bits per heavy atom. The third kappa shape index (κ3) is 6.09. The fraction of sp³-hybridized carbons (Fsp3) is 0.167. The van der Waals surface area contributed by atoms with Gasteiger partial charge in [-0.3, -0.25) is 19.5 Å². The van der Waals surface area contributed by atoms with Gasteiger partial charge in [-0.1, -0.05) is 35.6 Å². The molecule has 14 heteroatoms. The molecule has 10 nitrogen and oxygen atoms in total. The van der Waals surface area contributed by atoms with Crippen molar-refractivity contribution in [2.24, 2.45) is 4.99 Å². The summed E-state index contributed by atoms with van der Waals surface area (Å²) in [5, 5.41) is 11.6. The molecule has 2 aromatic heterocycles. The normalized spacial score (nSPS) is 14.7. The van der Waals surface area contributed by atoms with Gasteiger partial charge in [0.05, 0.1) is 41.3 Å². The predicted octanol–water partition coefficient (Wildman–Crippen LogP) is 6.71. The van der Waals surface area contributed by atoms with E-state index in [1.54, 1.807) is 38.1 Å². The summed E-state index contributed by atoms with van der Waals surface area (Å²) in [6.45, 7) is 7.43. The lowest BCUT2D eigenvalue weighted by Crippen LogP contribution is -2.39. The molecular weight excluding hydrogens is 742 g/mol. The summed E-state index contributed by atoms with van der Waals surface area (Å²) < 4.78 is 20.3. The fourth-order valence-electron chi connectivity index (χ4n) is 4.62. The second kappa shape index (κ2) is 13.1. The molecular formula is C30H22Br2ClN3O7S. The summed E-state index contributed by atoms with van der Waals surface area (Å²) in [4.78, 5) is 43.0. The van der Waals surface area contributed by atoms with Crippen LogP contribution in [0.3, 0.4) is 0 Å². The van der Waals surface area contributed by atoms with Crippen LogP contribution in [0, 0.1) is 10.1 Å². The van der Waals surface area contributed by atoms with E-state index in [-0.39, 0.29) is 40.0 Å². The molecule has 0 unspecified atom stereocenters. The molecule has 0 bridgehead atoms. The fourth-order valence-corrected chi connectivity index (χ4v) is 7.32. The van der Waals surface area contributed by atoms with Crippen molar-refractivity contribution in [2.45, 2.75) is 19.9 Å². The molecule has 0 N–H and O–H groups in total. The molecule has 4 aromatic rings. The molecule has 5 rings (SSSR count). The molecule has 1 aliphatic rings. The van der Waals surface area contributed by atoms with E-state index in [1.165, 1.54) is 22.8 Å². The third-order valence-electron chi connectivity index (χ3n) is 6.50. The van der Waals surface area contributed by atoms with Crippen LogP contribution in [0.15, 0.2) is 89.5 Å². The third-order valence-corrected chi connectivity index (χ3v) is 8.99. The van der Waals surface area contributed by atoms with Crippen molar-refractivity contribution in [1.82, 2.24) is 4.57 Å². The van der Waals surface area contributed by atoms with Crippen LogP contribution in [0.5, 0.6) is 5.75 Å². The lowest BCUT2D eigenvalue weighted by molar-refractivity contribution is -0.384. The summed E-state index contributed by atoms with van der Waals surface area (Å²) in [5.41, 5.74) is 0.913. The summed E-state index contributed by atoms with van der Waals surface area (Å²) in [6, 6.07) is 9.78. The largest absolute Gasteiger partial charge is 0.487 e. The van der Waals surface area contributed by atoms with E-state index < -0.39 is 22.5 Å². The lowest BCUT2D eigenvalue weighted by Gasteiger charge is -2.22. The van der Waals surface area contributed by atoms with Crippen molar-refractivity contribution < 1.29 is 23.6 Å². The monoisotopic (exact) mass is 761 g/mol. The first-order valence-corrected chi connectivity index (χ1v) is 15.8. The Morgan fingerprint density at radius 2 is 1.98 bits per heavy atom. The standard InChI is InChI=1S/C30H22Br2ClN3O7S/c1-4-10-42-27-19(31)11-16(12-20(27)32)13-24-28(37)35-26(25(29(38)41-5-2)15(3)34-30(35)44-24)23-9-8-22(43-23)18-14-17(36(39)40)6-7-21(18)33/h4,6-9,11-14,26H,1,5,10H2,2-3H3/b24-13-/t26-/m1/s1. The average molecular weight is 764 g/mol. The first-order chi connectivity index (χ1) is 21.0. The Balaban J connectivity index is 1.66. The minimum Gasteiger partial charge on any atom is -0.487 e. The molecule has 1 aliphatic heterocycles. The minimum absolute atomic E-state index is 0.107. The molecule has 1 atom stereocenters. The van der Waals surface area contributed by atoms with Crippen molar-refractivity contribution in [3.05, 3.63) is 121 Å². The van der Waals surface area contributed by atoms with Gasteiger partial charge in [0, 0.05) is 17.7 Å². The number of esters is 1. The first kappa shape index (κ1) is 31.6. The highest BCUT2D eigenvalue weighted by atomic mass is 79.9. The van der Waals surface area contributed by atoms with Crippen LogP contribution >= 0.6 is 54.8 Å². The summed E-state index contributed by atoms with van der Waals surface area (Å²) in [5.74, 6) is 0.391. The van der Waals surface area contributed by atoms with E-state index in [1.807, 2.05) is 12.1 Å². The molecule has 2 aromatic carbocycles. The van der Waals surface area contributed by atoms with Crippen LogP contribution in [0.2, 0.25) is 5.02 Å². The molecule has 226 valence electrons. The van der Waals surface area contributed by atoms with E-state index in [9.17, 15) is 19.7 Å². The van der Waals surface area contributed by atoms with Crippen LogP contribution in [0.4, 0.5) is 5.69 Å². The predicted molar refractivity (Wildman–Crippen MR) is 174 cm³/mol. The van der Waals surface area contributed by atoms with Crippen LogP contribution in [-0.4, -0.2) is 28.7 Å². The second-order valence-corrected chi connectivity index (χ2v) is 12.5. The second-order valence-electron chi connectivity index (χ2n) is 9.34. The number of nitro groups is 1. The SMILES string of the molecule is C=CCOc1c(Br)cc(/C=c2\sc3n(c2=O)[C@H](c2ccc(-c4cc([N+](=O)[O-])ccc4Cl)o2)C(C(=O)OCC)=C(C)N=3)cc1Br. The van der Waals surface area contributed by atoms with Gasteiger partial charge in [-0.2, -0.15) is 0 Å². The number of allylic oxidation sites excluding steroid dienone is 1. The number of carbonyl (C=O) groups excluding carboxylic acids is 1. The topological polar surface area (TPSA) is 126 Å². The number of thiazole rings is 1.